The highest BCUT2D eigenvalue weighted by atomic mass is 19.1. The van der Waals surface area contributed by atoms with Crippen molar-refractivity contribution in [1.29, 1.82) is 0 Å². The molecule has 0 aliphatic heterocycles. The molecule has 0 aliphatic rings. The summed E-state index contributed by atoms with van der Waals surface area (Å²) >= 11 is 0. The van der Waals surface area contributed by atoms with Crippen molar-refractivity contribution < 1.29 is 18.7 Å². The summed E-state index contributed by atoms with van der Waals surface area (Å²) in [6.45, 7) is 1.75. The van der Waals surface area contributed by atoms with E-state index in [0.29, 0.717) is 43.4 Å². The molecule has 0 bridgehead atoms. The summed E-state index contributed by atoms with van der Waals surface area (Å²) in [6.07, 6.45) is 1.56. The van der Waals surface area contributed by atoms with Crippen LogP contribution in [-0.2, 0) is 9.47 Å². The van der Waals surface area contributed by atoms with Gasteiger partial charge in [0.2, 0.25) is 0 Å². The number of hydrogen-bond donors (Lipinski definition) is 2. The molecule has 1 heterocycles. The topological polar surface area (TPSA) is 72.5 Å². The van der Waals surface area contributed by atoms with E-state index in [9.17, 15) is 9.18 Å². The molecule has 0 fully saturated rings. The van der Waals surface area contributed by atoms with E-state index in [1.165, 1.54) is 12.1 Å². The number of halogens is 1. The van der Waals surface area contributed by atoms with Gasteiger partial charge in [-0.05, 0) is 30.3 Å². The van der Waals surface area contributed by atoms with Gasteiger partial charge in [-0.2, -0.15) is 0 Å². The fraction of sp³-hybridized carbons (Fsp3) is 0.294. The van der Waals surface area contributed by atoms with E-state index < -0.39 is 0 Å². The zero-order valence-electron chi connectivity index (χ0n) is 13.4. The lowest BCUT2D eigenvalue weighted by atomic mass is 10.2. The van der Waals surface area contributed by atoms with Gasteiger partial charge in [-0.25, -0.2) is 9.37 Å². The molecular formula is C17H20FN3O3. The molecule has 0 radical (unpaired) electrons. The Bertz CT molecular complexity index is 667. The molecule has 0 atom stereocenters. The molecule has 0 aliphatic carbocycles. The third kappa shape index (κ3) is 5.60. The number of carbonyl (C=O) groups excluding carboxylic acids is 1. The molecule has 128 valence electrons. The maximum Gasteiger partial charge on any atom is 0.255 e. The first-order chi connectivity index (χ1) is 11.7. The lowest BCUT2D eigenvalue weighted by Gasteiger charge is -2.11. The Hall–Kier alpha value is -2.51. The second kappa shape index (κ2) is 9.59. The number of hydrogen-bond acceptors (Lipinski definition) is 5. The molecule has 6 nitrogen and oxygen atoms in total. The van der Waals surface area contributed by atoms with Crippen LogP contribution in [0.4, 0.5) is 15.9 Å². The Morgan fingerprint density at radius 3 is 2.88 bits per heavy atom. The first-order valence-corrected chi connectivity index (χ1v) is 7.53. The van der Waals surface area contributed by atoms with Crippen LogP contribution in [0.5, 0.6) is 0 Å². The quantitative estimate of drug-likeness (QED) is 0.689. The van der Waals surface area contributed by atoms with Crippen molar-refractivity contribution in [2.45, 2.75) is 0 Å². The molecule has 2 rings (SSSR count). The van der Waals surface area contributed by atoms with Crippen molar-refractivity contribution in [2.24, 2.45) is 0 Å². The molecule has 24 heavy (non-hydrogen) atoms. The van der Waals surface area contributed by atoms with Crippen LogP contribution in [0.25, 0.3) is 0 Å². The summed E-state index contributed by atoms with van der Waals surface area (Å²) < 4.78 is 23.4. The van der Waals surface area contributed by atoms with Crippen molar-refractivity contribution in [3.8, 4) is 0 Å². The SMILES string of the molecule is COCCOCCNC(=O)c1cccnc1Nc1cccc(F)c1. The van der Waals surface area contributed by atoms with Gasteiger partial charge in [0.1, 0.15) is 11.6 Å². The Balaban J connectivity index is 1.94. The first-order valence-electron chi connectivity index (χ1n) is 7.53. The predicted octanol–water partition coefficient (Wildman–Crippen LogP) is 2.36. The van der Waals surface area contributed by atoms with Gasteiger partial charge < -0.3 is 20.1 Å². The van der Waals surface area contributed by atoms with E-state index in [1.807, 2.05) is 0 Å². The number of rotatable bonds is 9. The summed E-state index contributed by atoms with van der Waals surface area (Å²) in [7, 11) is 1.60. The Kier molecular flexibility index (Phi) is 7.13. The third-order valence-corrected chi connectivity index (χ3v) is 3.10. The monoisotopic (exact) mass is 333 g/mol. The molecule has 0 unspecified atom stereocenters. The number of aromatic nitrogens is 1. The number of nitrogens with zero attached hydrogens (tertiary/aromatic N) is 1. The highest BCUT2D eigenvalue weighted by Crippen LogP contribution is 2.19. The predicted molar refractivity (Wildman–Crippen MR) is 88.9 cm³/mol. The summed E-state index contributed by atoms with van der Waals surface area (Å²) in [4.78, 5) is 16.4. The van der Waals surface area contributed by atoms with Crippen molar-refractivity contribution in [1.82, 2.24) is 10.3 Å². The Morgan fingerprint density at radius 2 is 2.08 bits per heavy atom. The number of pyridine rings is 1. The fourth-order valence-corrected chi connectivity index (χ4v) is 1.97. The molecule has 0 saturated carbocycles. The molecule has 2 aromatic rings. The molecule has 0 saturated heterocycles. The zero-order chi connectivity index (χ0) is 17.2. The van der Waals surface area contributed by atoms with Crippen LogP contribution in [0.15, 0.2) is 42.6 Å². The second-order valence-electron chi connectivity index (χ2n) is 4.90. The minimum Gasteiger partial charge on any atom is -0.382 e. The molecule has 1 aromatic heterocycles. The van der Waals surface area contributed by atoms with E-state index in [1.54, 1.807) is 37.6 Å². The number of ether oxygens (including phenoxy) is 2. The smallest absolute Gasteiger partial charge is 0.255 e. The van der Waals surface area contributed by atoms with Gasteiger partial charge in [0, 0.05) is 25.5 Å². The minimum absolute atomic E-state index is 0.280. The highest BCUT2D eigenvalue weighted by molar-refractivity contribution is 5.99. The van der Waals surface area contributed by atoms with Crippen molar-refractivity contribution in [2.75, 3.05) is 38.8 Å². The zero-order valence-corrected chi connectivity index (χ0v) is 13.4. The van der Waals surface area contributed by atoms with Crippen molar-refractivity contribution in [3.05, 3.63) is 54.0 Å². The number of anilines is 2. The number of amides is 1. The first kappa shape index (κ1) is 17.8. The average molecular weight is 333 g/mol. The van der Waals surface area contributed by atoms with Crippen LogP contribution in [-0.4, -0.2) is 44.4 Å². The fourth-order valence-electron chi connectivity index (χ4n) is 1.97. The van der Waals surface area contributed by atoms with E-state index in [0.717, 1.165) is 0 Å². The molecule has 1 aromatic carbocycles. The minimum atomic E-state index is -0.366. The number of methoxy groups -OCH3 is 1. The van der Waals surface area contributed by atoms with Crippen LogP contribution >= 0.6 is 0 Å². The standard InChI is InChI=1S/C17H20FN3O3/c1-23-10-11-24-9-8-20-17(22)15-6-3-7-19-16(15)21-14-5-2-4-13(18)12-14/h2-7,12H,8-11H2,1H3,(H,19,21)(H,20,22). The number of nitrogens with one attached hydrogen (secondary N) is 2. The van der Waals surface area contributed by atoms with Crippen LogP contribution < -0.4 is 10.6 Å². The Labute approximate surface area is 140 Å². The van der Waals surface area contributed by atoms with Crippen LogP contribution in [0, 0.1) is 5.82 Å². The highest BCUT2D eigenvalue weighted by Gasteiger charge is 2.12. The van der Waals surface area contributed by atoms with Gasteiger partial charge in [-0.15, -0.1) is 0 Å². The van der Waals surface area contributed by atoms with Gasteiger partial charge in [0.15, 0.2) is 0 Å². The van der Waals surface area contributed by atoms with E-state index in [-0.39, 0.29) is 11.7 Å². The summed E-state index contributed by atoms with van der Waals surface area (Å²) in [5, 5.41) is 5.71. The number of benzene rings is 1. The van der Waals surface area contributed by atoms with Gasteiger partial charge in [0.25, 0.3) is 5.91 Å². The molecule has 2 N–H and O–H groups in total. The largest absolute Gasteiger partial charge is 0.382 e. The third-order valence-electron chi connectivity index (χ3n) is 3.10. The van der Waals surface area contributed by atoms with Gasteiger partial charge >= 0.3 is 0 Å². The van der Waals surface area contributed by atoms with Crippen molar-refractivity contribution >= 4 is 17.4 Å². The van der Waals surface area contributed by atoms with Crippen LogP contribution in [0.3, 0.4) is 0 Å². The Morgan fingerprint density at radius 1 is 1.21 bits per heavy atom. The maximum absolute atomic E-state index is 13.3. The van der Waals surface area contributed by atoms with Crippen LogP contribution in [0.2, 0.25) is 0 Å². The summed E-state index contributed by atoms with van der Waals surface area (Å²) in [5.74, 6) is -0.284. The van der Waals surface area contributed by atoms with Gasteiger partial charge in [-0.1, -0.05) is 6.07 Å². The average Bonchev–Trinajstić information content (AvgIpc) is 2.58. The van der Waals surface area contributed by atoms with E-state index in [2.05, 4.69) is 15.6 Å². The summed E-state index contributed by atoms with van der Waals surface area (Å²) in [6, 6.07) is 9.28. The van der Waals surface area contributed by atoms with Crippen molar-refractivity contribution in [3.63, 3.8) is 0 Å². The lowest BCUT2D eigenvalue weighted by molar-refractivity contribution is 0.0693. The summed E-state index contributed by atoms with van der Waals surface area (Å²) in [5.41, 5.74) is 0.893. The molecule has 0 spiro atoms. The second-order valence-corrected chi connectivity index (χ2v) is 4.90. The van der Waals surface area contributed by atoms with Gasteiger partial charge in [0.05, 0.1) is 25.4 Å². The number of carbonyl (C=O) groups is 1. The maximum atomic E-state index is 13.3. The lowest BCUT2D eigenvalue weighted by Crippen LogP contribution is -2.28. The molecule has 7 heteroatoms. The van der Waals surface area contributed by atoms with Gasteiger partial charge in [-0.3, -0.25) is 4.79 Å². The van der Waals surface area contributed by atoms with E-state index in [4.69, 9.17) is 9.47 Å². The van der Waals surface area contributed by atoms with Crippen LogP contribution in [0.1, 0.15) is 10.4 Å². The van der Waals surface area contributed by atoms with E-state index >= 15 is 0 Å². The molecule has 1 amide bonds. The molecular weight excluding hydrogens is 313 g/mol. The normalized spacial score (nSPS) is 10.4.